The normalized spacial score (nSPS) is 43.7. The number of hydrogen-bond acceptors (Lipinski definition) is 1. The Kier molecular flexibility index (Phi) is 4.01. The molecule has 0 aromatic heterocycles. The van der Waals surface area contributed by atoms with Crippen LogP contribution in [-0.2, 0) is 0 Å². The van der Waals surface area contributed by atoms with E-state index in [0.29, 0.717) is 10.8 Å². The summed E-state index contributed by atoms with van der Waals surface area (Å²) in [5.74, 6) is 2.08. The summed E-state index contributed by atoms with van der Waals surface area (Å²) in [5, 5.41) is 3.93. The minimum Gasteiger partial charge on any atom is -0.313 e. The highest BCUT2D eigenvalue weighted by Crippen LogP contribution is 2.66. The van der Waals surface area contributed by atoms with E-state index in [2.05, 4.69) is 31.8 Å². The lowest BCUT2D eigenvalue weighted by Crippen LogP contribution is -2.58. The van der Waals surface area contributed by atoms with Crippen molar-refractivity contribution in [3.8, 4) is 0 Å². The van der Waals surface area contributed by atoms with Crippen LogP contribution in [0.2, 0.25) is 0 Å². The molecular weight excluding hydrogens is 242 g/mol. The zero-order valence-electron chi connectivity index (χ0n) is 13.6. The first-order valence-corrected chi connectivity index (χ1v) is 8.93. The van der Waals surface area contributed by atoms with E-state index in [1.165, 1.54) is 57.9 Å². The molecule has 20 heavy (non-hydrogen) atoms. The Morgan fingerprint density at radius 2 is 1.95 bits per heavy atom. The Morgan fingerprint density at radius 1 is 1.25 bits per heavy atom. The Labute approximate surface area is 125 Å². The summed E-state index contributed by atoms with van der Waals surface area (Å²) in [4.78, 5) is 0. The van der Waals surface area contributed by atoms with Gasteiger partial charge < -0.3 is 5.32 Å². The highest BCUT2D eigenvalue weighted by Gasteiger charge is 2.57. The van der Waals surface area contributed by atoms with Crippen molar-refractivity contribution in [1.82, 2.24) is 5.32 Å². The van der Waals surface area contributed by atoms with Crippen molar-refractivity contribution >= 4 is 0 Å². The van der Waals surface area contributed by atoms with Gasteiger partial charge in [-0.3, -0.25) is 0 Å². The van der Waals surface area contributed by atoms with Gasteiger partial charge in [0.15, 0.2) is 0 Å². The smallest absolute Gasteiger partial charge is 0.0127 e. The average Bonchev–Trinajstić information content (AvgIpc) is 2.35. The van der Waals surface area contributed by atoms with Gasteiger partial charge in [-0.05, 0) is 87.0 Å². The fourth-order valence-electron chi connectivity index (χ4n) is 6.43. The molecule has 1 nitrogen and oxygen atoms in total. The van der Waals surface area contributed by atoms with Gasteiger partial charge in [0.2, 0.25) is 0 Å². The molecule has 4 rings (SSSR count). The molecule has 114 valence electrons. The van der Waals surface area contributed by atoms with Crippen molar-refractivity contribution in [2.45, 2.75) is 77.7 Å². The topological polar surface area (TPSA) is 12.0 Å². The van der Waals surface area contributed by atoms with Gasteiger partial charge in [0, 0.05) is 6.04 Å². The summed E-state index contributed by atoms with van der Waals surface area (Å²) in [6.07, 6.45) is 14.9. The summed E-state index contributed by atoms with van der Waals surface area (Å²) in [6.45, 7) is 10.0. The van der Waals surface area contributed by atoms with Crippen LogP contribution in [0.15, 0.2) is 12.7 Å². The molecule has 3 unspecified atom stereocenters. The SMILES string of the molecule is C=CCCC(NCCC)C12CC3CC(CC(C)(C3)C1)C2. The number of allylic oxidation sites excluding steroid dienone is 1. The van der Waals surface area contributed by atoms with Gasteiger partial charge in [0.1, 0.15) is 0 Å². The van der Waals surface area contributed by atoms with Crippen molar-refractivity contribution in [3.05, 3.63) is 12.7 Å². The molecule has 0 aliphatic heterocycles. The van der Waals surface area contributed by atoms with Crippen LogP contribution >= 0.6 is 0 Å². The van der Waals surface area contributed by atoms with Crippen LogP contribution < -0.4 is 5.32 Å². The van der Waals surface area contributed by atoms with Crippen LogP contribution in [0.5, 0.6) is 0 Å². The number of nitrogens with one attached hydrogen (secondary N) is 1. The molecule has 0 aromatic carbocycles. The maximum absolute atomic E-state index is 3.95. The summed E-state index contributed by atoms with van der Waals surface area (Å²) < 4.78 is 0. The highest BCUT2D eigenvalue weighted by molar-refractivity contribution is 5.10. The molecule has 0 heterocycles. The minimum absolute atomic E-state index is 0.622. The number of rotatable bonds is 7. The fraction of sp³-hybridized carbons (Fsp3) is 0.895. The minimum atomic E-state index is 0.622. The van der Waals surface area contributed by atoms with Crippen LogP contribution in [-0.4, -0.2) is 12.6 Å². The van der Waals surface area contributed by atoms with Crippen LogP contribution in [0.4, 0.5) is 0 Å². The van der Waals surface area contributed by atoms with E-state index in [1.807, 2.05) is 0 Å². The largest absolute Gasteiger partial charge is 0.313 e. The first kappa shape index (κ1) is 14.6. The third-order valence-electron chi connectivity index (χ3n) is 6.44. The van der Waals surface area contributed by atoms with Gasteiger partial charge in [0.25, 0.3) is 0 Å². The maximum Gasteiger partial charge on any atom is 0.0127 e. The first-order chi connectivity index (χ1) is 9.59. The lowest BCUT2D eigenvalue weighted by Gasteiger charge is -2.63. The third kappa shape index (κ3) is 2.58. The molecule has 4 aliphatic carbocycles. The maximum atomic E-state index is 3.95. The van der Waals surface area contributed by atoms with E-state index >= 15 is 0 Å². The Hall–Kier alpha value is -0.300. The van der Waals surface area contributed by atoms with Gasteiger partial charge in [0.05, 0.1) is 0 Å². The molecule has 1 N–H and O–H groups in total. The molecular formula is C19H33N. The van der Waals surface area contributed by atoms with E-state index in [-0.39, 0.29) is 0 Å². The molecule has 4 saturated carbocycles. The summed E-state index contributed by atoms with van der Waals surface area (Å²) in [7, 11) is 0. The van der Waals surface area contributed by atoms with Crippen molar-refractivity contribution in [2.24, 2.45) is 22.7 Å². The van der Waals surface area contributed by atoms with E-state index in [0.717, 1.165) is 17.9 Å². The van der Waals surface area contributed by atoms with E-state index < -0.39 is 0 Å². The van der Waals surface area contributed by atoms with Gasteiger partial charge in [-0.1, -0.05) is 19.9 Å². The second kappa shape index (κ2) is 5.48. The second-order valence-corrected chi connectivity index (χ2v) is 8.51. The van der Waals surface area contributed by atoms with Crippen molar-refractivity contribution in [3.63, 3.8) is 0 Å². The van der Waals surface area contributed by atoms with Gasteiger partial charge >= 0.3 is 0 Å². The van der Waals surface area contributed by atoms with Gasteiger partial charge in [-0.2, -0.15) is 0 Å². The molecule has 3 atom stereocenters. The van der Waals surface area contributed by atoms with E-state index in [4.69, 9.17) is 0 Å². The Bertz CT molecular complexity index is 345. The molecule has 1 heteroatoms. The molecule has 4 bridgehead atoms. The summed E-state index contributed by atoms with van der Waals surface area (Å²) >= 11 is 0. The predicted octanol–water partition coefficient (Wildman–Crippen LogP) is 4.93. The van der Waals surface area contributed by atoms with Crippen LogP contribution in [0.3, 0.4) is 0 Å². The van der Waals surface area contributed by atoms with Gasteiger partial charge in [-0.15, -0.1) is 6.58 Å². The first-order valence-electron chi connectivity index (χ1n) is 8.93. The summed E-state index contributed by atoms with van der Waals surface area (Å²) in [6, 6.07) is 0.741. The van der Waals surface area contributed by atoms with Crippen molar-refractivity contribution in [2.75, 3.05) is 6.54 Å². The lowest BCUT2D eigenvalue weighted by molar-refractivity contribution is -0.119. The van der Waals surface area contributed by atoms with Crippen molar-refractivity contribution < 1.29 is 0 Å². The Balaban J connectivity index is 1.79. The molecule has 0 spiro atoms. The quantitative estimate of drug-likeness (QED) is 0.650. The number of hydrogen-bond donors (Lipinski definition) is 1. The second-order valence-electron chi connectivity index (χ2n) is 8.51. The predicted molar refractivity (Wildman–Crippen MR) is 86.7 cm³/mol. The Morgan fingerprint density at radius 3 is 2.50 bits per heavy atom. The fourth-order valence-corrected chi connectivity index (χ4v) is 6.43. The summed E-state index contributed by atoms with van der Waals surface area (Å²) in [5.41, 5.74) is 1.29. The molecule has 4 fully saturated rings. The molecule has 0 amide bonds. The lowest BCUT2D eigenvalue weighted by atomic mass is 9.43. The van der Waals surface area contributed by atoms with Crippen molar-refractivity contribution in [1.29, 1.82) is 0 Å². The standard InChI is InChI=1S/C19H33N/c1-4-6-7-17(20-8-5-2)19-12-15-9-16(13-19)11-18(3,10-15)14-19/h4,15-17,20H,1,5-14H2,2-3H3. The highest BCUT2D eigenvalue weighted by atomic mass is 14.9. The monoisotopic (exact) mass is 275 g/mol. The van der Waals surface area contributed by atoms with Crippen LogP contribution in [0.1, 0.15) is 71.6 Å². The van der Waals surface area contributed by atoms with Crippen LogP contribution in [0, 0.1) is 22.7 Å². The zero-order chi connectivity index (χ0) is 14.2. The molecule has 4 aliphatic rings. The average molecular weight is 275 g/mol. The van der Waals surface area contributed by atoms with Gasteiger partial charge in [-0.25, -0.2) is 0 Å². The molecule has 0 aromatic rings. The van der Waals surface area contributed by atoms with Crippen LogP contribution in [0.25, 0.3) is 0 Å². The van der Waals surface area contributed by atoms with E-state index in [1.54, 1.807) is 6.42 Å². The van der Waals surface area contributed by atoms with E-state index in [9.17, 15) is 0 Å². The molecule has 0 saturated heterocycles. The zero-order valence-corrected chi connectivity index (χ0v) is 13.6. The molecule has 0 radical (unpaired) electrons. The third-order valence-corrected chi connectivity index (χ3v) is 6.44.